The number of ether oxygens (including phenoxy) is 2. The standard InChI is InChI=1S/C16H14BrN5O2/c1-23-14-11(4-3-8-18)15(24-2)21-16(20-14)22-9-7-10-5-6-12(17)19-13(10)22/h5-7,9H,3-4H2,1-2H3. The monoisotopic (exact) mass is 387 g/mol. The molecule has 3 rings (SSSR count). The van der Waals surface area contributed by atoms with Crippen LogP contribution in [-0.4, -0.2) is 33.7 Å². The number of hydrogen-bond acceptors (Lipinski definition) is 6. The highest BCUT2D eigenvalue weighted by atomic mass is 79.9. The van der Waals surface area contributed by atoms with E-state index < -0.39 is 0 Å². The number of methoxy groups -OCH3 is 2. The third-order valence-electron chi connectivity index (χ3n) is 3.51. The number of fused-ring (bicyclic) bond motifs is 1. The summed E-state index contributed by atoms with van der Waals surface area (Å²) in [5, 5.41) is 9.78. The molecule has 0 aliphatic heterocycles. The van der Waals surface area contributed by atoms with Gasteiger partial charge in [0, 0.05) is 18.0 Å². The molecule has 24 heavy (non-hydrogen) atoms. The molecule has 122 valence electrons. The summed E-state index contributed by atoms with van der Waals surface area (Å²) in [6.07, 6.45) is 2.63. The summed E-state index contributed by atoms with van der Waals surface area (Å²) in [5.41, 5.74) is 1.40. The van der Waals surface area contributed by atoms with E-state index in [0.717, 1.165) is 15.6 Å². The van der Waals surface area contributed by atoms with Crippen molar-refractivity contribution in [2.45, 2.75) is 12.8 Å². The number of halogens is 1. The van der Waals surface area contributed by atoms with Crippen LogP contribution in [0.25, 0.3) is 17.0 Å². The lowest BCUT2D eigenvalue weighted by Gasteiger charge is -2.13. The van der Waals surface area contributed by atoms with Crippen molar-refractivity contribution in [1.82, 2.24) is 19.5 Å². The Morgan fingerprint density at radius 2 is 1.83 bits per heavy atom. The molecule has 0 saturated carbocycles. The number of hydrogen-bond donors (Lipinski definition) is 0. The molecule has 0 N–H and O–H groups in total. The van der Waals surface area contributed by atoms with Crippen LogP contribution in [0.5, 0.6) is 11.8 Å². The molecule has 0 radical (unpaired) electrons. The van der Waals surface area contributed by atoms with Gasteiger partial charge in [-0.1, -0.05) is 0 Å². The van der Waals surface area contributed by atoms with E-state index in [1.54, 1.807) is 4.57 Å². The van der Waals surface area contributed by atoms with Crippen molar-refractivity contribution in [3.63, 3.8) is 0 Å². The zero-order valence-electron chi connectivity index (χ0n) is 13.2. The molecule has 0 bridgehead atoms. The van der Waals surface area contributed by atoms with Crippen molar-refractivity contribution in [3.8, 4) is 23.8 Å². The van der Waals surface area contributed by atoms with Crippen molar-refractivity contribution in [2.24, 2.45) is 0 Å². The number of nitriles is 1. The van der Waals surface area contributed by atoms with E-state index >= 15 is 0 Å². The summed E-state index contributed by atoms with van der Waals surface area (Å²) < 4.78 is 13.2. The zero-order valence-corrected chi connectivity index (χ0v) is 14.7. The van der Waals surface area contributed by atoms with Crippen LogP contribution in [-0.2, 0) is 6.42 Å². The third-order valence-corrected chi connectivity index (χ3v) is 3.95. The normalized spacial score (nSPS) is 10.6. The molecule has 0 aromatic carbocycles. The first-order chi connectivity index (χ1) is 11.7. The van der Waals surface area contributed by atoms with Crippen LogP contribution in [0.4, 0.5) is 0 Å². The van der Waals surface area contributed by atoms with Crippen LogP contribution in [0.2, 0.25) is 0 Å². The predicted molar refractivity (Wildman–Crippen MR) is 91.4 cm³/mol. The lowest BCUT2D eigenvalue weighted by atomic mass is 10.2. The second kappa shape index (κ2) is 6.84. The minimum absolute atomic E-state index is 0.330. The minimum atomic E-state index is 0.330. The fourth-order valence-electron chi connectivity index (χ4n) is 2.42. The van der Waals surface area contributed by atoms with Gasteiger partial charge in [-0.25, -0.2) is 4.98 Å². The van der Waals surface area contributed by atoms with E-state index in [0.29, 0.717) is 36.1 Å². The molecule has 0 fully saturated rings. The smallest absolute Gasteiger partial charge is 0.241 e. The Balaban J connectivity index is 2.17. The lowest BCUT2D eigenvalue weighted by molar-refractivity contribution is 0.361. The maximum absolute atomic E-state index is 8.81. The Hall–Kier alpha value is -2.66. The van der Waals surface area contributed by atoms with Gasteiger partial charge >= 0.3 is 0 Å². The Morgan fingerprint density at radius 1 is 1.12 bits per heavy atom. The molecule has 0 atom stereocenters. The molecule has 0 aliphatic carbocycles. The average molecular weight is 388 g/mol. The summed E-state index contributed by atoms with van der Waals surface area (Å²) in [6, 6.07) is 7.87. The Labute approximate surface area is 147 Å². The van der Waals surface area contributed by atoms with E-state index in [-0.39, 0.29) is 0 Å². The van der Waals surface area contributed by atoms with Gasteiger partial charge in [0.15, 0.2) is 0 Å². The van der Waals surface area contributed by atoms with Gasteiger partial charge in [0.05, 0.1) is 25.9 Å². The first-order valence-corrected chi connectivity index (χ1v) is 7.97. The first-order valence-electron chi connectivity index (χ1n) is 7.17. The molecule has 3 heterocycles. The third kappa shape index (κ3) is 2.90. The summed E-state index contributed by atoms with van der Waals surface area (Å²) >= 11 is 3.37. The van der Waals surface area contributed by atoms with E-state index in [2.05, 4.69) is 37.0 Å². The summed E-state index contributed by atoms with van der Waals surface area (Å²) in [7, 11) is 3.06. The lowest BCUT2D eigenvalue weighted by Crippen LogP contribution is -2.08. The number of rotatable bonds is 5. The molecule has 0 unspecified atom stereocenters. The molecule has 0 saturated heterocycles. The fourth-order valence-corrected chi connectivity index (χ4v) is 2.72. The summed E-state index contributed by atoms with van der Waals surface area (Å²) in [4.78, 5) is 13.4. The van der Waals surface area contributed by atoms with E-state index in [4.69, 9.17) is 14.7 Å². The zero-order chi connectivity index (χ0) is 17.1. The highest BCUT2D eigenvalue weighted by molar-refractivity contribution is 9.10. The fraction of sp³-hybridized carbons (Fsp3) is 0.250. The van der Waals surface area contributed by atoms with Gasteiger partial charge < -0.3 is 9.47 Å². The van der Waals surface area contributed by atoms with Crippen molar-refractivity contribution in [3.05, 3.63) is 34.6 Å². The summed E-state index contributed by atoms with van der Waals surface area (Å²) in [5.74, 6) is 1.18. The van der Waals surface area contributed by atoms with E-state index in [1.807, 2.05) is 24.4 Å². The van der Waals surface area contributed by atoms with E-state index in [9.17, 15) is 0 Å². The number of pyridine rings is 1. The maximum atomic E-state index is 8.81. The quantitative estimate of drug-likeness (QED) is 0.625. The molecule has 3 aromatic heterocycles. The second-order valence-corrected chi connectivity index (χ2v) is 5.72. The van der Waals surface area contributed by atoms with Gasteiger partial charge in [-0.3, -0.25) is 4.57 Å². The van der Waals surface area contributed by atoms with Gasteiger partial charge in [-0.2, -0.15) is 15.2 Å². The van der Waals surface area contributed by atoms with Crippen LogP contribution in [0, 0.1) is 11.3 Å². The first kappa shape index (κ1) is 16.2. The largest absolute Gasteiger partial charge is 0.481 e. The van der Waals surface area contributed by atoms with Gasteiger partial charge in [-0.05, 0) is 40.5 Å². The van der Waals surface area contributed by atoms with Gasteiger partial charge in [-0.15, -0.1) is 0 Å². The maximum Gasteiger partial charge on any atom is 0.241 e. The molecular formula is C16H14BrN5O2. The SMILES string of the molecule is COc1nc(-n2ccc3ccc(Br)nc32)nc(OC)c1CCC#N. The van der Waals surface area contributed by atoms with Crippen LogP contribution >= 0.6 is 15.9 Å². The molecular weight excluding hydrogens is 374 g/mol. The highest BCUT2D eigenvalue weighted by Gasteiger charge is 2.18. The van der Waals surface area contributed by atoms with Crippen molar-refractivity contribution in [1.29, 1.82) is 5.26 Å². The topological polar surface area (TPSA) is 85.8 Å². The Morgan fingerprint density at radius 3 is 2.46 bits per heavy atom. The number of nitrogens with zero attached hydrogens (tertiary/aromatic N) is 5. The van der Waals surface area contributed by atoms with Gasteiger partial charge in [0.1, 0.15) is 10.3 Å². The van der Waals surface area contributed by atoms with Gasteiger partial charge in [0.25, 0.3) is 0 Å². The summed E-state index contributed by atoms with van der Waals surface area (Å²) in [6.45, 7) is 0. The van der Waals surface area contributed by atoms with Crippen LogP contribution in [0.15, 0.2) is 29.0 Å². The molecule has 3 aromatic rings. The second-order valence-electron chi connectivity index (χ2n) is 4.91. The van der Waals surface area contributed by atoms with Crippen molar-refractivity contribution in [2.75, 3.05) is 14.2 Å². The van der Waals surface area contributed by atoms with E-state index in [1.165, 1.54) is 14.2 Å². The molecule has 0 amide bonds. The Kier molecular flexibility index (Phi) is 4.62. The molecule has 0 aliphatic rings. The van der Waals surface area contributed by atoms with Crippen molar-refractivity contribution >= 4 is 27.0 Å². The Bertz CT molecular complexity index is 907. The highest BCUT2D eigenvalue weighted by Crippen LogP contribution is 2.28. The van der Waals surface area contributed by atoms with Crippen molar-refractivity contribution < 1.29 is 9.47 Å². The molecule has 0 spiro atoms. The molecule has 8 heteroatoms. The van der Waals surface area contributed by atoms with Crippen LogP contribution < -0.4 is 9.47 Å². The predicted octanol–water partition coefficient (Wildman–Crippen LogP) is 3.05. The number of aromatic nitrogens is 4. The average Bonchev–Trinajstić information content (AvgIpc) is 3.02. The van der Waals surface area contributed by atoms with Gasteiger partial charge in [0.2, 0.25) is 17.7 Å². The minimum Gasteiger partial charge on any atom is -0.481 e. The molecule has 7 nitrogen and oxygen atoms in total. The van der Waals surface area contributed by atoms with Crippen LogP contribution in [0.3, 0.4) is 0 Å². The van der Waals surface area contributed by atoms with Crippen LogP contribution in [0.1, 0.15) is 12.0 Å².